The molecule has 0 aliphatic heterocycles. The van der Waals surface area contributed by atoms with E-state index in [1.54, 1.807) is 19.1 Å². The Balaban J connectivity index is 2.71. The number of anilines is 1. The molecule has 0 saturated carbocycles. The summed E-state index contributed by atoms with van der Waals surface area (Å²) in [6.45, 7) is 0.969. The van der Waals surface area contributed by atoms with E-state index >= 15 is 0 Å². The SMILES string of the molecule is COC(=O)CN(c1cc(Cl)ccc1C)S(=O)(=O)c1ccccc1[N+](=O)[O-]. The van der Waals surface area contributed by atoms with Gasteiger partial charge in [0.05, 0.1) is 17.7 Å². The molecule has 0 unspecified atom stereocenters. The number of hydrogen-bond donors (Lipinski definition) is 0. The molecule has 138 valence electrons. The van der Waals surface area contributed by atoms with Gasteiger partial charge in [-0.15, -0.1) is 0 Å². The first-order chi connectivity index (χ1) is 12.2. The maximum atomic E-state index is 13.1. The van der Waals surface area contributed by atoms with Crippen molar-refractivity contribution in [1.82, 2.24) is 0 Å². The van der Waals surface area contributed by atoms with Crippen molar-refractivity contribution in [2.75, 3.05) is 18.0 Å². The van der Waals surface area contributed by atoms with Gasteiger partial charge >= 0.3 is 5.97 Å². The Bertz CT molecular complexity index is 961. The van der Waals surface area contributed by atoms with Crippen LogP contribution < -0.4 is 4.31 Å². The molecule has 0 aliphatic carbocycles. The number of hydrogen-bond acceptors (Lipinski definition) is 6. The number of carbonyl (C=O) groups excluding carboxylic acids is 1. The third-order valence-electron chi connectivity index (χ3n) is 3.57. The zero-order valence-electron chi connectivity index (χ0n) is 13.9. The molecular formula is C16H15ClN2O6S. The quantitative estimate of drug-likeness (QED) is 0.420. The summed E-state index contributed by atoms with van der Waals surface area (Å²) in [5, 5.41) is 11.5. The highest BCUT2D eigenvalue weighted by Crippen LogP contribution is 2.32. The minimum atomic E-state index is -4.44. The highest BCUT2D eigenvalue weighted by atomic mass is 35.5. The van der Waals surface area contributed by atoms with Crippen molar-refractivity contribution in [3.8, 4) is 0 Å². The normalized spacial score (nSPS) is 11.0. The van der Waals surface area contributed by atoms with Crippen LogP contribution in [-0.2, 0) is 19.6 Å². The fourth-order valence-electron chi connectivity index (χ4n) is 2.28. The fourth-order valence-corrected chi connectivity index (χ4v) is 4.07. The predicted octanol–water partition coefficient (Wildman–Crippen LogP) is 2.92. The predicted molar refractivity (Wildman–Crippen MR) is 95.8 cm³/mol. The molecular weight excluding hydrogens is 384 g/mol. The number of esters is 1. The maximum absolute atomic E-state index is 13.1. The van der Waals surface area contributed by atoms with E-state index in [1.807, 2.05) is 0 Å². The number of nitro benzene ring substituents is 1. The van der Waals surface area contributed by atoms with E-state index in [4.69, 9.17) is 11.6 Å². The summed E-state index contributed by atoms with van der Waals surface area (Å²) in [5.41, 5.74) is 0.0450. The summed E-state index contributed by atoms with van der Waals surface area (Å²) >= 11 is 5.96. The third kappa shape index (κ3) is 3.94. The van der Waals surface area contributed by atoms with Gasteiger partial charge in [-0.2, -0.15) is 0 Å². The van der Waals surface area contributed by atoms with Crippen molar-refractivity contribution in [3.63, 3.8) is 0 Å². The number of halogens is 1. The van der Waals surface area contributed by atoms with Crippen molar-refractivity contribution in [1.29, 1.82) is 0 Å². The summed E-state index contributed by atoms with van der Waals surface area (Å²) in [7, 11) is -3.33. The van der Waals surface area contributed by atoms with Gasteiger partial charge in [-0.3, -0.25) is 19.2 Å². The van der Waals surface area contributed by atoms with Crippen molar-refractivity contribution in [2.45, 2.75) is 11.8 Å². The van der Waals surface area contributed by atoms with Gasteiger partial charge < -0.3 is 4.74 Å². The molecule has 2 aromatic rings. The molecule has 0 aromatic heterocycles. The van der Waals surface area contributed by atoms with E-state index in [0.717, 1.165) is 23.5 Å². The Morgan fingerprint density at radius 3 is 2.54 bits per heavy atom. The lowest BCUT2D eigenvalue weighted by atomic mass is 10.2. The zero-order valence-corrected chi connectivity index (χ0v) is 15.5. The number of carbonyl (C=O) groups is 1. The van der Waals surface area contributed by atoms with Crippen LogP contribution in [0.25, 0.3) is 0 Å². The van der Waals surface area contributed by atoms with Gasteiger partial charge in [-0.1, -0.05) is 29.8 Å². The van der Waals surface area contributed by atoms with Gasteiger partial charge in [-0.25, -0.2) is 8.42 Å². The van der Waals surface area contributed by atoms with Crippen molar-refractivity contribution in [2.24, 2.45) is 0 Å². The molecule has 0 atom stereocenters. The first-order valence-electron chi connectivity index (χ1n) is 7.27. The number of nitrogens with zero attached hydrogens (tertiary/aromatic N) is 2. The van der Waals surface area contributed by atoms with Crippen LogP contribution in [0.5, 0.6) is 0 Å². The molecule has 0 bridgehead atoms. The minimum absolute atomic E-state index is 0.126. The third-order valence-corrected chi connectivity index (χ3v) is 5.61. The van der Waals surface area contributed by atoms with Crippen molar-refractivity contribution >= 4 is 39.0 Å². The smallest absolute Gasteiger partial charge is 0.326 e. The van der Waals surface area contributed by atoms with Crippen LogP contribution >= 0.6 is 11.6 Å². The Morgan fingerprint density at radius 1 is 1.27 bits per heavy atom. The zero-order chi connectivity index (χ0) is 19.5. The number of methoxy groups -OCH3 is 1. The number of rotatable bonds is 6. The first kappa shape index (κ1) is 19.7. The second kappa shape index (κ2) is 7.71. The van der Waals surface area contributed by atoms with E-state index in [9.17, 15) is 23.3 Å². The molecule has 0 fully saturated rings. The Labute approximate surface area is 155 Å². The van der Waals surface area contributed by atoms with Gasteiger partial charge in [0.1, 0.15) is 6.54 Å². The molecule has 0 amide bonds. The largest absolute Gasteiger partial charge is 0.468 e. The van der Waals surface area contributed by atoms with Crippen LogP contribution in [0, 0.1) is 17.0 Å². The average Bonchev–Trinajstić information content (AvgIpc) is 2.61. The van der Waals surface area contributed by atoms with Crippen LogP contribution in [-0.4, -0.2) is 33.0 Å². The Hall–Kier alpha value is -2.65. The van der Waals surface area contributed by atoms with E-state index in [-0.39, 0.29) is 10.7 Å². The Morgan fingerprint density at radius 2 is 1.92 bits per heavy atom. The van der Waals surface area contributed by atoms with Crippen LogP contribution in [0.1, 0.15) is 5.56 Å². The lowest BCUT2D eigenvalue weighted by Crippen LogP contribution is -2.37. The molecule has 0 spiro atoms. The number of aryl methyl sites for hydroxylation is 1. The van der Waals surface area contributed by atoms with Crippen molar-refractivity contribution in [3.05, 3.63) is 63.2 Å². The summed E-state index contributed by atoms with van der Waals surface area (Å²) in [6, 6.07) is 9.41. The summed E-state index contributed by atoms with van der Waals surface area (Å²) in [6.07, 6.45) is 0. The minimum Gasteiger partial charge on any atom is -0.468 e. The first-order valence-corrected chi connectivity index (χ1v) is 9.09. The van der Waals surface area contributed by atoms with Crippen LogP contribution in [0.2, 0.25) is 5.02 Å². The van der Waals surface area contributed by atoms with Gasteiger partial charge in [0, 0.05) is 11.1 Å². The number of benzene rings is 2. The maximum Gasteiger partial charge on any atom is 0.326 e. The van der Waals surface area contributed by atoms with Crippen LogP contribution in [0.3, 0.4) is 0 Å². The van der Waals surface area contributed by atoms with Crippen molar-refractivity contribution < 1.29 is 22.9 Å². The summed E-state index contributed by atoms with van der Waals surface area (Å²) < 4.78 is 31.6. The fraction of sp³-hybridized carbons (Fsp3) is 0.188. The monoisotopic (exact) mass is 398 g/mol. The molecule has 0 heterocycles. The number of ether oxygens (including phenoxy) is 1. The van der Waals surface area contributed by atoms with E-state index in [2.05, 4.69) is 4.74 Å². The summed E-state index contributed by atoms with van der Waals surface area (Å²) in [4.78, 5) is 21.7. The molecule has 0 saturated heterocycles. The molecule has 0 radical (unpaired) electrons. The van der Waals surface area contributed by atoms with Crippen LogP contribution in [0.15, 0.2) is 47.4 Å². The standard InChI is InChI=1S/C16H15ClN2O6S/c1-11-7-8-12(17)9-14(11)18(10-16(20)25-2)26(23,24)15-6-4-3-5-13(15)19(21)22/h3-9H,10H2,1-2H3. The highest BCUT2D eigenvalue weighted by molar-refractivity contribution is 7.93. The topological polar surface area (TPSA) is 107 Å². The van der Waals surface area contributed by atoms with Gasteiger partial charge in [0.25, 0.3) is 15.7 Å². The molecule has 2 rings (SSSR count). The molecule has 0 N–H and O–H groups in total. The molecule has 2 aromatic carbocycles. The Kier molecular flexibility index (Phi) is 5.83. The lowest BCUT2D eigenvalue weighted by Gasteiger charge is -2.25. The highest BCUT2D eigenvalue weighted by Gasteiger charge is 2.34. The van der Waals surface area contributed by atoms with Gasteiger partial charge in [0.15, 0.2) is 4.90 Å². The molecule has 10 heteroatoms. The summed E-state index contributed by atoms with van der Waals surface area (Å²) in [5.74, 6) is -0.827. The molecule has 26 heavy (non-hydrogen) atoms. The molecule has 0 aliphatic rings. The van der Waals surface area contributed by atoms with Gasteiger partial charge in [0.2, 0.25) is 0 Å². The average molecular weight is 399 g/mol. The van der Waals surface area contributed by atoms with Crippen LogP contribution in [0.4, 0.5) is 11.4 Å². The van der Waals surface area contributed by atoms with Gasteiger partial charge in [-0.05, 0) is 30.7 Å². The van der Waals surface area contributed by atoms with E-state index in [0.29, 0.717) is 5.56 Å². The second-order valence-electron chi connectivity index (χ2n) is 5.24. The van der Waals surface area contributed by atoms with E-state index in [1.165, 1.54) is 18.2 Å². The number of sulfonamides is 1. The second-order valence-corrected chi connectivity index (χ2v) is 7.51. The lowest BCUT2D eigenvalue weighted by molar-refractivity contribution is -0.387. The molecule has 8 nitrogen and oxygen atoms in total. The van der Waals surface area contributed by atoms with E-state index < -0.39 is 38.0 Å². The number of para-hydroxylation sites is 1. The number of nitro groups is 1.